The van der Waals surface area contributed by atoms with Crippen LogP contribution in [0.4, 0.5) is 4.39 Å². The van der Waals surface area contributed by atoms with Gasteiger partial charge in [0.2, 0.25) is 0 Å². The number of aromatic nitrogens is 2. The predicted molar refractivity (Wildman–Crippen MR) is 173 cm³/mol. The van der Waals surface area contributed by atoms with Crippen molar-refractivity contribution >= 4 is 21.9 Å². The van der Waals surface area contributed by atoms with Crippen molar-refractivity contribution in [1.29, 1.82) is 0 Å². The maximum atomic E-state index is 14.7. The maximum Gasteiger partial charge on any atom is 0.134 e. The molecule has 0 N–H and O–H groups in total. The normalized spacial score (nSPS) is 10.9. The van der Waals surface area contributed by atoms with Crippen LogP contribution in [0.1, 0.15) is 36.5 Å². The molecule has 0 bridgehead atoms. The van der Waals surface area contributed by atoms with Gasteiger partial charge >= 0.3 is 0 Å². The molecule has 0 aliphatic carbocycles. The zero-order valence-electron chi connectivity index (χ0n) is 25.0. The molecule has 1 radical (unpaired) electrons. The van der Waals surface area contributed by atoms with E-state index in [1.165, 1.54) is 17.2 Å². The fraction of sp³-hybridized carbons (Fsp3) is 0.128. The van der Waals surface area contributed by atoms with Crippen LogP contribution >= 0.6 is 0 Å². The van der Waals surface area contributed by atoms with Crippen molar-refractivity contribution in [3.05, 3.63) is 144 Å². The van der Waals surface area contributed by atoms with E-state index in [2.05, 4.69) is 48.9 Å². The monoisotopic (exact) mass is 755 g/mol. The molecule has 0 spiro atoms. The van der Waals surface area contributed by atoms with Crippen molar-refractivity contribution in [2.24, 2.45) is 0 Å². The van der Waals surface area contributed by atoms with Gasteiger partial charge in [0, 0.05) is 37.9 Å². The standard InChI is InChI=1S/C24H15FNO.C15H16N.Ir/c1-15-12-13-26-21(14-15)19-9-5-8-17-18-10-11-20(25)22(24(18)27-23(17)19)16-6-3-2-4-7-16;1-11(2)14-10-16-15(9-12(14)3)13-7-5-4-6-8-13;/h2-8,10-14H,1H3;4-7,9-11H,1-3H3;/q2*-1;. The molecule has 0 saturated heterocycles. The summed E-state index contributed by atoms with van der Waals surface area (Å²) in [6, 6.07) is 37.0. The first-order chi connectivity index (χ1) is 20.9. The van der Waals surface area contributed by atoms with Crippen LogP contribution in [0.15, 0.2) is 114 Å². The van der Waals surface area contributed by atoms with Gasteiger partial charge in [0.25, 0.3) is 0 Å². The molecule has 0 aliphatic rings. The number of benzene rings is 4. The molecule has 7 aromatic rings. The molecule has 0 atom stereocenters. The zero-order chi connectivity index (χ0) is 29.9. The van der Waals surface area contributed by atoms with Crippen molar-refractivity contribution in [2.45, 2.75) is 33.6 Å². The Bertz CT molecular complexity index is 2040. The number of nitrogens with zero attached hydrogens (tertiary/aromatic N) is 2. The van der Waals surface area contributed by atoms with Crippen LogP contribution in [-0.2, 0) is 20.1 Å². The Morgan fingerprint density at radius 3 is 2.23 bits per heavy atom. The van der Waals surface area contributed by atoms with Gasteiger partial charge in [0.05, 0.1) is 11.1 Å². The minimum Gasteiger partial charge on any atom is -0.500 e. The van der Waals surface area contributed by atoms with Gasteiger partial charge in [0.15, 0.2) is 0 Å². The number of fused-ring (bicyclic) bond motifs is 3. The van der Waals surface area contributed by atoms with Crippen LogP contribution in [0, 0.1) is 31.8 Å². The van der Waals surface area contributed by atoms with Crippen molar-refractivity contribution in [2.75, 3.05) is 0 Å². The molecule has 3 aromatic heterocycles. The van der Waals surface area contributed by atoms with Gasteiger partial charge in [-0.15, -0.1) is 54.1 Å². The van der Waals surface area contributed by atoms with E-state index >= 15 is 0 Å². The second kappa shape index (κ2) is 13.5. The Balaban J connectivity index is 0.000000194. The van der Waals surface area contributed by atoms with E-state index in [4.69, 9.17) is 4.42 Å². The van der Waals surface area contributed by atoms with Crippen molar-refractivity contribution in [1.82, 2.24) is 9.97 Å². The summed E-state index contributed by atoms with van der Waals surface area (Å²) in [7, 11) is 0. The Morgan fingerprint density at radius 2 is 1.52 bits per heavy atom. The number of pyridine rings is 2. The topological polar surface area (TPSA) is 38.9 Å². The van der Waals surface area contributed by atoms with Crippen LogP contribution in [0.25, 0.3) is 55.6 Å². The smallest absolute Gasteiger partial charge is 0.134 e. The van der Waals surface area contributed by atoms with Crippen LogP contribution in [0.5, 0.6) is 0 Å². The number of hydrogen-bond acceptors (Lipinski definition) is 3. The minimum absolute atomic E-state index is 0. The average Bonchev–Trinajstić information content (AvgIpc) is 3.40. The third-order valence-electron chi connectivity index (χ3n) is 7.54. The Morgan fingerprint density at radius 1 is 0.750 bits per heavy atom. The van der Waals surface area contributed by atoms with E-state index < -0.39 is 0 Å². The SMILES string of the molecule is Cc1cc(-c2[c-]cccc2)ncc1C(C)C.Cc1ccnc(-c2[c-]ccc3c2oc2c(-c4ccccc4)c(F)ccc23)c1.[Ir]. The molecular weight excluding hydrogens is 724 g/mol. The molecule has 0 fully saturated rings. The van der Waals surface area contributed by atoms with Gasteiger partial charge in [-0.05, 0) is 60.5 Å². The summed E-state index contributed by atoms with van der Waals surface area (Å²) in [4.78, 5) is 8.96. The van der Waals surface area contributed by atoms with E-state index in [0.29, 0.717) is 22.6 Å². The zero-order valence-corrected chi connectivity index (χ0v) is 27.4. The molecule has 221 valence electrons. The Labute approximate surface area is 271 Å². The fourth-order valence-corrected chi connectivity index (χ4v) is 5.39. The molecule has 4 aromatic carbocycles. The molecule has 0 unspecified atom stereocenters. The second-order valence-electron chi connectivity index (χ2n) is 10.9. The molecule has 44 heavy (non-hydrogen) atoms. The van der Waals surface area contributed by atoms with Crippen LogP contribution in [0.3, 0.4) is 0 Å². The van der Waals surface area contributed by atoms with Gasteiger partial charge in [-0.1, -0.05) is 78.4 Å². The summed E-state index contributed by atoms with van der Waals surface area (Å²) >= 11 is 0. The molecule has 5 heteroatoms. The summed E-state index contributed by atoms with van der Waals surface area (Å²) in [6.07, 6.45) is 3.76. The molecule has 0 amide bonds. The maximum absolute atomic E-state index is 14.7. The first-order valence-corrected chi connectivity index (χ1v) is 14.4. The minimum atomic E-state index is -0.299. The average molecular weight is 755 g/mol. The number of furan rings is 1. The molecule has 7 rings (SSSR count). The number of halogens is 1. The quantitative estimate of drug-likeness (QED) is 0.168. The number of hydrogen-bond donors (Lipinski definition) is 0. The largest absolute Gasteiger partial charge is 0.500 e. The summed E-state index contributed by atoms with van der Waals surface area (Å²) < 4.78 is 21.0. The molecule has 0 aliphatic heterocycles. The van der Waals surface area contributed by atoms with Gasteiger partial charge in [-0.3, -0.25) is 0 Å². The molecule has 0 saturated carbocycles. The summed E-state index contributed by atoms with van der Waals surface area (Å²) in [6.45, 7) is 8.55. The third kappa shape index (κ3) is 6.26. The second-order valence-corrected chi connectivity index (χ2v) is 10.9. The van der Waals surface area contributed by atoms with Crippen LogP contribution in [-0.4, -0.2) is 9.97 Å². The first kappa shape index (κ1) is 31.0. The molecule has 3 heterocycles. The van der Waals surface area contributed by atoms with E-state index in [9.17, 15) is 4.39 Å². The number of aryl methyl sites for hydroxylation is 2. The van der Waals surface area contributed by atoms with Gasteiger partial charge in [0.1, 0.15) is 11.4 Å². The predicted octanol–water partition coefficient (Wildman–Crippen LogP) is 10.5. The number of rotatable bonds is 4. The van der Waals surface area contributed by atoms with E-state index in [1.807, 2.05) is 92.0 Å². The fourth-order valence-electron chi connectivity index (χ4n) is 5.39. The van der Waals surface area contributed by atoms with Crippen molar-refractivity contribution in [3.8, 4) is 33.6 Å². The van der Waals surface area contributed by atoms with Crippen LogP contribution in [0.2, 0.25) is 0 Å². The van der Waals surface area contributed by atoms with E-state index in [0.717, 1.165) is 44.4 Å². The summed E-state index contributed by atoms with van der Waals surface area (Å²) in [5, 5.41) is 1.81. The molecular formula is C39H31FIrN2O-2. The van der Waals surface area contributed by atoms with Gasteiger partial charge < -0.3 is 14.4 Å². The van der Waals surface area contributed by atoms with Crippen LogP contribution < -0.4 is 0 Å². The first-order valence-electron chi connectivity index (χ1n) is 14.4. The molecule has 3 nitrogen and oxygen atoms in total. The van der Waals surface area contributed by atoms with Crippen molar-refractivity contribution < 1.29 is 28.9 Å². The van der Waals surface area contributed by atoms with Gasteiger partial charge in [-0.25, -0.2) is 4.39 Å². The Hall–Kier alpha value is -4.44. The summed E-state index contributed by atoms with van der Waals surface area (Å²) in [5.41, 5.74) is 9.86. The van der Waals surface area contributed by atoms with E-state index in [1.54, 1.807) is 12.3 Å². The summed E-state index contributed by atoms with van der Waals surface area (Å²) in [5.74, 6) is 0.230. The third-order valence-corrected chi connectivity index (χ3v) is 7.54. The van der Waals surface area contributed by atoms with Gasteiger partial charge in [-0.2, -0.15) is 0 Å². The van der Waals surface area contributed by atoms with E-state index in [-0.39, 0.29) is 25.9 Å². The Kier molecular flexibility index (Phi) is 9.49. The van der Waals surface area contributed by atoms with Crippen molar-refractivity contribution in [3.63, 3.8) is 0 Å².